The average molecular weight is 504 g/mol. The van der Waals surface area contributed by atoms with Gasteiger partial charge < -0.3 is 19.6 Å². The molecule has 4 aliphatic carbocycles. The third-order valence-electron chi connectivity index (χ3n) is 13.0. The Morgan fingerprint density at radius 2 is 1.69 bits per heavy atom. The van der Waals surface area contributed by atoms with E-state index in [-0.39, 0.29) is 12.7 Å². The number of piperazine rings is 1. The summed E-state index contributed by atoms with van der Waals surface area (Å²) in [5, 5.41) is 19.7. The lowest BCUT2D eigenvalue weighted by atomic mass is 9.44. The fraction of sp³-hybridized carbons (Fsp3) is 0.968. The first-order valence-corrected chi connectivity index (χ1v) is 15.5. The maximum absolute atomic E-state index is 13.1. The number of fused-ring (bicyclic) bond motifs is 5. The van der Waals surface area contributed by atoms with E-state index in [9.17, 15) is 15.0 Å². The summed E-state index contributed by atoms with van der Waals surface area (Å²) in [4.78, 5) is 15.2. The number of carbonyl (C=O) groups excluding carboxylic acids is 1. The molecule has 0 spiro atoms. The standard InChI is InChI=1S/C31H55N2O3/c1-22(5-10-29(36)32-15-17-33(4,18-16-32)19-20-34)26-8-9-27-25-7-6-23-21-24(35)11-13-30(23,2)28(25)12-14-31(26,27)3/h22-28,34-35H,5-21H2,1-4H3/q+1/t22-,23?,24-,25?,26-,27?,28?,30+,31-/m1/s1. The highest BCUT2D eigenvalue weighted by atomic mass is 16.3. The molecular weight excluding hydrogens is 448 g/mol. The molecule has 1 aliphatic heterocycles. The molecule has 2 N–H and O–H groups in total. The summed E-state index contributed by atoms with van der Waals surface area (Å²) >= 11 is 0. The zero-order valence-electron chi connectivity index (χ0n) is 23.8. The van der Waals surface area contributed by atoms with Gasteiger partial charge in [-0.1, -0.05) is 20.8 Å². The highest BCUT2D eigenvalue weighted by molar-refractivity contribution is 5.76. The van der Waals surface area contributed by atoms with E-state index in [2.05, 4.69) is 32.7 Å². The Bertz CT molecular complexity index is 795. The zero-order chi connectivity index (χ0) is 25.7. The van der Waals surface area contributed by atoms with Crippen molar-refractivity contribution >= 4 is 5.91 Å². The van der Waals surface area contributed by atoms with Crippen molar-refractivity contribution in [2.45, 2.75) is 97.5 Å². The van der Waals surface area contributed by atoms with Gasteiger partial charge >= 0.3 is 0 Å². The van der Waals surface area contributed by atoms with Crippen LogP contribution in [-0.2, 0) is 4.79 Å². The van der Waals surface area contributed by atoms with E-state index in [0.29, 0.717) is 29.1 Å². The predicted octanol–water partition coefficient (Wildman–Crippen LogP) is 4.70. The van der Waals surface area contributed by atoms with E-state index in [1.54, 1.807) is 0 Å². The maximum Gasteiger partial charge on any atom is 0.222 e. The second-order valence-electron chi connectivity index (χ2n) is 14.7. The van der Waals surface area contributed by atoms with Gasteiger partial charge in [0.1, 0.15) is 6.54 Å². The first kappa shape index (κ1) is 26.9. The highest BCUT2D eigenvalue weighted by Gasteiger charge is 2.60. The van der Waals surface area contributed by atoms with Crippen molar-refractivity contribution < 1.29 is 19.5 Å². The predicted molar refractivity (Wildman–Crippen MR) is 144 cm³/mol. The molecule has 1 saturated heterocycles. The summed E-state index contributed by atoms with van der Waals surface area (Å²) in [6.45, 7) is 12.3. The van der Waals surface area contributed by atoms with Crippen LogP contribution in [-0.4, -0.2) is 78.0 Å². The van der Waals surface area contributed by atoms with Crippen molar-refractivity contribution in [1.29, 1.82) is 0 Å². The van der Waals surface area contributed by atoms with Crippen LogP contribution in [0.4, 0.5) is 0 Å². The Morgan fingerprint density at radius 1 is 1.00 bits per heavy atom. The molecule has 5 fully saturated rings. The molecule has 0 bridgehead atoms. The summed E-state index contributed by atoms with van der Waals surface area (Å²) in [5.41, 5.74) is 0.912. The molecule has 36 heavy (non-hydrogen) atoms. The normalized spacial score (nSPS) is 44.9. The molecule has 4 saturated carbocycles. The van der Waals surface area contributed by atoms with Gasteiger partial charge in [0, 0.05) is 6.42 Å². The Labute approximate surface area is 220 Å². The summed E-state index contributed by atoms with van der Waals surface area (Å²) in [6.07, 6.45) is 13.2. The van der Waals surface area contributed by atoms with E-state index >= 15 is 0 Å². The van der Waals surface area contributed by atoms with Gasteiger partial charge in [0.25, 0.3) is 0 Å². The largest absolute Gasteiger partial charge is 0.393 e. The van der Waals surface area contributed by atoms with Gasteiger partial charge in [-0.05, 0) is 111 Å². The number of hydrogen-bond acceptors (Lipinski definition) is 3. The number of aliphatic hydroxyl groups excluding tert-OH is 2. The van der Waals surface area contributed by atoms with Crippen LogP contribution in [0.2, 0.25) is 0 Å². The molecule has 0 aromatic rings. The Morgan fingerprint density at radius 3 is 2.42 bits per heavy atom. The first-order chi connectivity index (χ1) is 17.1. The van der Waals surface area contributed by atoms with E-state index in [1.807, 2.05) is 0 Å². The topological polar surface area (TPSA) is 60.8 Å². The SMILES string of the molecule is C[C@H](CCC(=O)N1CC[N+](C)(CCO)CC1)[C@H]1CCC2C3CCC4C[C@H](O)CC[C@]4(C)C3CC[C@@]21C. The molecule has 5 rings (SSSR count). The van der Waals surface area contributed by atoms with Gasteiger partial charge in [-0.15, -0.1) is 0 Å². The monoisotopic (exact) mass is 503 g/mol. The number of hydrogen-bond donors (Lipinski definition) is 2. The second-order valence-corrected chi connectivity index (χ2v) is 14.7. The van der Waals surface area contributed by atoms with Gasteiger partial charge in [-0.25, -0.2) is 0 Å². The lowest BCUT2D eigenvalue weighted by molar-refractivity contribution is -0.913. The van der Waals surface area contributed by atoms with Crippen molar-refractivity contribution in [2.24, 2.45) is 46.3 Å². The molecule has 4 unspecified atom stereocenters. The van der Waals surface area contributed by atoms with Gasteiger partial charge in [0.05, 0.1) is 45.9 Å². The fourth-order valence-electron chi connectivity index (χ4n) is 10.6. The Hall–Kier alpha value is -0.650. The lowest BCUT2D eigenvalue weighted by Gasteiger charge is -2.61. The molecule has 0 radical (unpaired) electrons. The summed E-state index contributed by atoms with van der Waals surface area (Å²) < 4.78 is 0.890. The number of quaternary nitrogens is 1. The number of carbonyl (C=O) groups is 1. The van der Waals surface area contributed by atoms with Gasteiger partial charge in [-0.2, -0.15) is 0 Å². The smallest absolute Gasteiger partial charge is 0.222 e. The van der Waals surface area contributed by atoms with Crippen molar-refractivity contribution in [3.8, 4) is 0 Å². The number of nitrogens with zero attached hydrogens (tertiary/aromatic N) is 2. The summed E-state index contributed by atoms with van der Waals surface area (Å²) in [5.74, 6) is 5.10. The third kappa shape index (κ3) is 4.68. The molecule has 5 heteroatoms. The number of amides is 1. The summed E-state index contributed by atoms with van der Waals surface area (Å²) in [6, 6.07) is 0. The quantitative estimate of drug-likeness (QED) is 0.517. The van der Waals surface area contributed by atoms with Crippen LogP contribution in [0, 0.1) is 46.3 Å². The molecular formula is C31H55N2O3+. The van der Waals surface area contributed by atoms with Crippen LogP contribution >= 0.6 is 0 Å². The van der Waals surface area contributed by atoms with Crippen LogP contribution in [0.3, 0.4) is 0 Å². The van der Waals surface area contributed by atoms with Crippen LogP contribution in [0.25, 0.3) is 0 Å². The molecule has 0 aromatic heterocycles. The number of aliphatic hydroxyl groups is 2. The maximum atomic E-state index is 13.1. The van der Waals surface area contributed by atoms with Gasteiger partial charge in [0.15, 0.2) is 0 Å². The Balaban J connectivity index is 1.17. The molecule has 9 atom stereocenters. The Kier molecular flexibility index (Phi) is 7.60. The van der Waals surface area contributed by atoms with Crippen LogP contribution in [0.15, 0.2) is 0 Å². The van der Waals surface area contributed by atoms with E-state index in [4.69, 9.17) is 0 Å². The third-order valence-corrected chi connectivity index (χ3v) is 13.0. The van der Waals surface area contributed by atoms with Crippen molar-refractivity contribution in [1.82, 2.24) is 4.90 Å². The minimum atomic E-state index is -0.0537. The van der Waals surface area contributed by atoms with Crippen molar-refractivity contribution in [3.05, 3.63) is 0 Å². The highest BCUT2D eigenvalue weighted by Crippen LogP contribution is 2.68. The van der Waals surface area contributed by atoms with E-state index < -0.39 is 0 Å². The van der Waals surface area contributed by atoms with Crippen LogP contribution in [0.1, 0.15) is 91.4 Å². The molecule has 1 amide bonds. The zero-order valence-corrected chi connectivity index (χ0v) is 23.8. The van der Waals surface area contributed by atoms with E-state index in [1.165, 1.54) is 44.9 Å². The minimum absolute atomic E-state index is 0.0537. The van der Waals surface area contributed by atoms with Crippen molar-refractivity contribution in [3.63, 3.8) is 0 Å². The van der Waals surface area contributed by atoms with Crippen LogP contribution in [0.5, 0.6) is 0 Å². The summed E-state index contributed by atoms with van der Waals surface area (Å²) in [7, 11) is 2.20. The van der Waals surface area contributed by atoms with Crippen LogP contribution < -0.4 is 0 Å². The van der Waals surface area contributed by atoms with E-state index in [0.717, 1.165) is 86.1 Å². The van der Waals surface area contributed by atoms with Crippen molar-refractivity contribution in [2.75, 3.05) is 46.4 Å². The number of rotatable bonds is 6. The molecule has 0 aromatic carbocycles. The lowest BCUT2D eigenvalue weighted by Crippen LogP contribution is -2.59. The number of likely N-dealkylation sites (N-methyl/N-ethyl adjacent to an activating group) is 1. The fourth-order valence-corrected chi connectivity index (χ4v) is 10.6. The molecule has 206 valence electrons. The minimum Gasteiger partial charge on any atom is -0.393 e. The second kappa shape index (κ2) is 10.2. The van der Waals surface area contributed by atoms with Gasteiger partial charge in [0.2, 0.25) is 5.91 Å². The molecule has 5 aliphatic rings. The average Bonchev–Trinajstić information content (AvgIpc) is 3.20. The molecule has 1 heterocycles. The van der Waals surface area contributed by atoms with Gasteiger partial charge in [-0.3, -0.25) is 4.79 Å². The molecule has 5 nitrogen and oxygen atoms in total. The first-order valence-electron chi connectivity index (χ1n) is 15.5.